The van der Waals surface area contributed by atoms with Crippen LogP contribution in [0.1, 0.15) is 11.1 Å². The van der Waals surface area contributed by atoms with Crippen LogP contribution in [0.3, 0.4) is 0 Å². The summed E-state index contributed by atoms with van der Waals surface area (Å²) in [5, 5.41) is 1.41. The minimum Gasteiger partial charge on any atom is -0.423 e. The number of carbonyl (C=O) groups is 2. The monoisotopic (exact) mass is 528 g/mol. The van der Waals surface area contributed by atoms with Gasteiger partial charge in [-0.15, -0.1) is 13.2 Å². The van der Waals surface area contributed by atoms with Gasteiger partial charge in [-0.3, -0.25) is 0 Å². The summed E-state index contributed by atoms with van der Waals surface area (Å²) in [6, 6.07) is 6.55. The molecule has 2 rings (SSSR count). The first-order valence-corrected chi connectivity index (χ1v) is 10.5. The Morgan fingerprint density at radius 2 is 1.13 bits per heavy atom. The molecular weight excluding hydrogens is 517 g/mol. The SMILES string of the molecule is C=CCc1c(OC(=O)C(Cl)(Cl)Cl)ccc2ccc(OC(=O)C(Cl)(Cl)Cl)c(CC=C)c12. The van der Waals surface area contributed by atoms with Gasteiger partial charge in [-0.1, -0.05) is 93.9 Å². The molecule has 0 atom stereocenters. The first kappa shape index (κ1) is 25.1. The summed E-state index contributed by atoms with van der Waals surface area (Å²) in [7, 11) is 0. The van der Waals surface area contributed by atoms with Crippen molar-refractivity contribution in [1.82, 2.24) is 0 Å². The Bertz CT molecular complexity index is 928. The van der Waals surface area contributed by atoms with Gasteiger partial charge in [0.25, 0.3) is 7.59 Å². The topological polar surface area (TPSA) is 52.6 Å². The predicted molar refractivity (Wildman–Crippen MR) is 124 cm³/mol. The normalized spacial score (nSPS) is 11.8. The molecule has 10 heteroatoms. The molecule has 160 valence electrons. The van der Waals surface area contributed by atoms with Crippen molar-refractivity contribution in [3.05, 3.63) is 60.7 Å². The summed E-state index contributed by atoms with van der Waals surface area (Å²) in [5.74, 6) is -1.81. The van der Waals surface area contributed by atoms with Gasteiger partial charge in [-0.2, -0.15) is 0 Å². The van der Waals surface area contributed by atoms with Gasteiger partial charge in [0.15, 0.2) is 0 Å². The van der Waals surface area contributed by atoms with Crippen LogP contribution in [0, 0.1) is 0 Å². The van der Waals surface area contributed by atoms with Crippen LogP contribution in [0.5, 0.6) is 11.5 Å². The zero-order valence-corrected chi connectivity index (χ0v) is 19.7. The van der Waals surface area contributed by atoms with Gasteiger partial charge in [0.1, 0.15) is 11.5 Å². The van der Waals surface area contributed by atoms with Gasteiger partial charge in [0, 0.05) is 11.1 Å². The van der Waals surface area contributed by atoms with Crippen LogP contribution in [-0.2, 0) is 22.4 Å². The summed E-state index contributed by atoms with van der Waals surface area (Å²) in [6.07, 6.45) is 3.82. The largest absolute Gasteiger partial charge is 0.423 e. The predicted octanol–water partition coefficient (Wildman–Crippen LogP) is 6.85. The van der Waals surface area contributed by atoms with E-state index in [1.165, 1.54) is 0 Å². The van der Waals surface area contributed by atoms with E-state index in [9.17, 15) is 9.59 Å². The standard InChI is InChI=1S/C20H14Cl6O4/c1-3-5-12-14(29-17(27)19(21,22)23)9-7-11-8-10-15(13(6-4-2)16(11)12)30-18(28)20(24,25)26/h3-4,7-10H,1-2,5-6H2. The van der Waals surface area contributed by atoms with Crippen molar-refractivity contribution in [1.29, 1.82) is 0 Å². The van der Waals surface area contributed by atoms with E-state index in [0.717, 1.165) is 5.39 Å². The molecule has 0 amide bonds. The number of hydrogen-bond donors (Lipinski definition) is 0. The zero-order valence-electron chi connectivity index (χ0n) is 15.2. The molecule has 4 nitrogen and oxygen atoms in total. The van der Waals surface area contributed by atoms with E-state index in [1.54, 1.807) is 36.4 Å². The third kappa shape index (κ3) is 5.97. The molecule has 30 heavy (non-hydrogen) atoms. The Hall–Kier alpha value is -1.14. The molecule has 0 saturated heterocycles. The molecule has 0 spiro atoms. The molecule has 0 saturated carbocycles. The Labute approximate surface area is 203 Å². The van der Waals surface area contributed by atoms with Crippen LogP contribution in [0.25, 0.3) is 10.8 Å². The van der Waals surface area contributed by atoms with Gasteiger partial charge in [-0.25, -0.2) is 9.59 Å². The molecule has 0 aliphatic rings. The fraction of sp³-hybridized carbons (Fsp3) is 0.200. The summed E-state index contributed by atoms with van der Waals surface area (Å²) < 4.78 is 6.08. The average molecular weight is 531 g/mol. The van der Waals surface area contributed by atoms with E-state index in [-0.39, 0.29) is 11.5 Å². The van der Waals surface area contributed by atoms with Gasteiger partial charge < -0.3 is 9.47 Å². The van der Waals surface area contributed by atoms with Crippen LogP contribution in [0.15, 0.2) is 49.6 Å². The van der Waals surface area contributed by atoms with Crippen LogP contribution in [0.2, 0.25) is 0 Å². The van der Waals surface area contributed by atoms with Gasteiger partial charge in [0.2, 0.25) is 0 Å². The van der Waals surface area contributed by atoms with E-state index in [2.05, 4.69) is 13.2 Å². The lowest BCUT2D eigenvalue weighted by Gasteiger charge is -2.19. The lowest BCUT2D eigenvalue weighted by Crippen LogP contribution is -2.25. The first-order chi connectivity index (χ1) is 13.9. The highest BCUT2D eigenvalue weighted by atomic mass is 35.6. The Kier molecular flexibility index (Phi) is 8.36. The fourth-order valence-corrected chi connectivity index (χ4v) is 2.96. The number of esters is 2. The number of halogens is 6. The zero-order chi connectivity index (χ0) is 22.7. The second kappa shape index (κ2) is 9.99. The van der Waals surface area contributed by atoms with Crippen LogP contribution < -0.4 is 9.47 Å². The molecule has 0 radical (unpaired) electrons. The molecule has 0 aliphatic carbocycles. The molecular formula is C20H14Cl6O4. The lowest BCUT2D eigenvalue weighted by atomic mass is 9.94. The van der Waals surface area contributed by atoms with E-state index in [0.29, 0.717) is 29.4 Å². The molecule has 0 aromatic heterocycles. The minimum atomic E-state index is -2.26. The molecule has 0 N–H and O–H groups in total. The number of allylic oxidation sites excluding steroid dienone is 2. The van der Waals surface area contributed by atoms with Crippen molar-refractivity contribution in [3.8, 4) is 11.5 Å². The van der Waals surface area contributed by atoms with Crippen LogP contribution in [0.4, 0.5) is 0 Å². The van der Waals surface area contributed by atoms with Crippen molar-refractivity contribution in [2.45, 2.75) is 20.4 Å². The van der Waals surface area contributed by atoms with Crippen molar-refractivity contribution >= 4 is 92.3 Å². The number of carbonyl (C=O) groups excluding carboxylic acids is 2. The average Bonchev–Trinajstić information content (AvgIpc) is 2.63. The van der Waals surface area contributed by atoms with Gasteiger partial charge in [-0.05, 0) is 35.7 Å². The van der Waals surface area contributed by atoms with Crippen molar-refractivity contribution in [2.75, 3.05) is 0 Å². The third-order valence-corrected chi connectivity index (χ3v) is 4.81. The number of alkyl halides is 6. The van der Waals surface area contributed by atoms with E-state index >= 15 is 0 Å². The number of benzene rings is 2. The number of rotatable bonds is 6. The molecule has 0 aliphatic heterocycles. The number of hydrogen-bond acceptors (Lipinski definition) is 4. The fourth-order valence-electron chi connectivity index (χ4n) is 2.73. The highest BCUT2D eigenvalue weighted by molar-refractivity contribution is 6.76. The smallest absolute Gasteiger partial charge is 0.363 e. The van der Waals surface area contributed by atoms with Crippen molar-refractivity contribution in [2.24, 2.45) is 0 Å². The van der Waals surface area contributed by atoms with Crippen molar-refractivity contribution < 1.29 is 19.1 Å². The first-order valence-electron chi connectivity index (χ1n) is 8.27. The summed E-state index contributed by atoms with van der Waals surface area (Å²) in [4.78, 5) is 24.2. The van der Waals surface area contributed by atoms with E-state index < -0.39 is 19.5 Å². The maximum Gasteiger partial charge on any atom is 0.363 e. The van der Waals surface area contributed by atoms with Crippen LogP contribution in [-0.4, -0.2) is 19.5 Å². The highest BCUT2D eigenvalue weighted by Gasteiger charge is 2.35. The van der Waals surface area contributed by atoms with E-state index in [4.69, 9.17) is 79.1 Å². The molecule has 2 aromatic carbocycles. The second-order valence-electron chi connectivity index (χ2n) is 5.94. The Morgan fingerprint density at radius 1 is 0.767 bits per heavy atom. The van der Waals surface area contributed by atoms with Crippen molar-refractivity contribution in [3.63, 3.8) is 0 Å². The quantitative estimate of drug-likeness (QED) is 0.177. The Balaban J connectivity index is 2.73. The molecule has 2 aromatic rings. The van der Waals surface area contributed by atoms with Crippen LogP contribution >= 0.6 is 69.6 Å². The van der Waals surface area contributed by atoms with Gasteiger partial charge in [0.05, 0.1) is 0 Å². The maximum absolute atomic E-state index is 12.1. The minimum absolute atomic E-state index is 0.161. The summed E-state index contributed by atoms with van der Waals surface area (Å²) in [6.45, 7) is 7.47. The summed E-state index contributed by atoms with van der Waals surface area (Å²) in [5.41, 5.74) is 1.13. The second-order valence-corrected chi connectivity index (χ2v) is 10.5. The van der Waals surface area contributed by atoms with Gasteiger partial charge >= 0.3 is 11.9 Å². The molecule has 0 fully saturated rings. The molecule has 0 heterocycles. The third-order valence-electron chi connectivity index (χ3n) is 3.88. The lowest BCUT2D eigenvalue weighted by molar-refractivity contribution is -0.134. The summed E-state index contributed by atoms with van der Waals surface area (Å²) >= 11 is 33.7. The molecule has 0 bridgehead atoms. The Morgan fingerprint density at radius 3 is 1.43 bits per heavy atom. The maximum atomic E-state index is 12.1. The highest BCUT2D eigenvalue weighted by Crippen LogP contribution is 2.39. The molecule has 0 unspecified atom stereocenters. The number of fused-ring (bicyclic) bond motifs is 1. The van der Waals surface area contributed by atoms with E-state index in [1.807, 2.05) is 0 Å². The number of ether oxygens (including phenoxy) is 2.